The summed E-state index contributed by atoms with van der Waals surface area (Å²) in [4.78, 5) is 26.0. The van der Waals surface area contributed by atoms with Crippen LogP contribution >= 0.6 is 0 Å². The van der Waals surface area contributed by atoms with E-state index in [0.717, 1.165) is 16.9 Å². The Labute approximate surface area is 169 Å². The summed E-state index contributed by atoms with van der Waals surface area (Å²) < 4.78 is 0. The van der Waals surface area contributed by atoms with Gasteiger partial charge in [-0.1, -0.05) is 37.3 Å². The Balaban J connectivity index is 1.47. The average molecular weight is 391 g/mol. The molecule has 1 aliphatic carbocycles. The highest BCUT2D eigenvalue weighted by atomic mass is 16.3. The minimum Gasteiger partial charge on any atom is -0.391 e. The maximum Gasteiger partial charge on any atom is 0.219 e. The van der Waals surface area contributed by atoms with Gasteiger partial charge < -0.3 is 20.3 Å². The molecule has 7 heteroatoms. The Morgan fingerprint density at radius 3 is 2.93 bits per heavy atom. The first-order chi connectivity index (χ1) is 14.1. The maximum absolute atomic E-state index is 11.9. The number of amides is 1. The molecule has 1 aromatic carbocycles. The number of benzene rings is 1. The molecule has 29 heavy (non-hydrogen) atoms. The highest BCUT2D eigenvalue weighted by Gasteiger charge is 2.71. The van der Waals surface area contributed by atoms with Gasteiger partial charge >= 0.3 is 0 Å². The van der Waals surface area contributed by atoms with Gasteiger partial charge in [-0.3, -0.25) is 4.79 Å². The topological polar surface area (TPSA) is 94.1 Å². The summed E-state index contributed by atoms with van der Waals surface area (Å²) in [7, 11) is 0. The van der Waals surface area contributed by atoms with Crippen LogP contribution in [0.4, 0.5) is 5.82 Å². The van der Waals surface area contributed by atoms with Crippen LogP contribution in [-0.2, 0) is 4.79 Å². The Morgan fingerprint density at radius 1 is 1.31 bits per heavy atom. The van der Waals surface area contributed by atoms with Crippen LogP contribution in [0, 0.1) is 11.3 Å². The number of H-pyrrole nitrogens is 1. The number of nitrogens with zero attached hydrogens (tertiary/aromatic N) is 3. The van der Waals surface area contributed by atoms with Gasteiger partial charge in [0.25, 0.3) is 0 Å². The van der Waals surface area contributed by atoms with Crippen molar-refractivity contribution in [1.82, 2.24) is 20.3 Å². The normalized spacial score (nSPS) is 28.2. The fourth-order valence-electron chi connectivity index (χ4n) is 5.22. The Bertz CT molecular complexity index is 1040. The highest BCUT2D eigenvalue weighted by molar-refractivity contribution is 5.87. The van der Waals surface area contributed by atoms with Crippen molar-refractivity contribution in [3.05, 3.63) is 54.5 Å². The molecule has 3 aromatic rings. The molecule has 5 rings (SSSR count). The first-order valence-electron chi connectivity index (χ1n) is 10.2. The van der Waals surface area contributed by atoms with Crippen molar-refractivity contribution < 1.29 is 9.90 Å². The lowest BCUT2D eigenvalue weighted by Gasteiger charge is -2.18. The number of hydrogen-bond donors (Lipinski definition) is 3. The molecule has 2 aromatic heterocycles. The molecule has 1 spiro atoms. The summed E-state index contributed by atoms with van der Waals surface area (Å²) in [5.74, 6) is 1.31. The van der Waals surface area contributed by atoms with Crippen molar-refractivity contribution >= 4 is 22.8 Å². The summed E-state index contributed by atoms with van der Waals surface area (Å²) >= 11 is 0. The molecule has 150 valence electrons. The van der Waals surface area contributed by atoms with Gasteiger partial charge in [0.05, 0.1) is 11.5 Å². The van der Waals surface area contributed by atoms with Crippen LogP contribution in [0.15, 0.2) is 48.9 Å². The van der Waals surface area contributed by atoms with Crippen molar-refractivity contribution in [2.24, 2.45) is 11.3 Å². The van der Waals surface area contributed by atoms with Gasteiger partial charge in [0.15, 0.2) is 0 Å². The summed E-state index contributed by atoms with van der Waals surface area (Å²) in [6.45, 7) is 3.67. The third kappa shape index (κ3) is 2.80. The summed E-state index contributed by atoms with van der Waals surface area (Å²) in [5.41, 5.74) is 1.74. The number of anilines is 1. The number of carbonyl (C=O) groups is 1. The summed E-state index contributed by atoms with van der Waals surface area (Å²) in [6, 6.07) is 12.3. The minimum absolute atomic E-state index is 0.0491. The zero-order valence-electron chi connectivity index (χ0n) is 16.4. The van der Waals surface area contributed by atoms with Crippen LogP contribution in [-0.4, -0.2) is 51.7 Å². The van der Waals surface area contributed by atoms with E-state index < -0.39 is 6.10 Å². The molecule has 7 nitrogen and oxygen atoms in total. The monoisotopic (exact) mass is 391 g/mol. The number of aromatic amines is 1. The number of fused-ring (bicyclic) bond motifs is 1. The number of aliphatic hydroxyl groups is 1. The van der Waals surface area contributed by atoms with Crippen LogP contribution in [0.5, 0.6) is 0 Å². The zero-order valence-corrected chi connectivity index (χ0v) is 16.4. The van der Waals surface area contributed by atoms with Crippen molar-refractivity contribution in [3.63, 3.8) is 0 Å². The Morgan fingerprint density at radius 2 is 2.14 bits per heavy atom. The first-order valence-corrected chi connectivity index (χ1v) is 10.2. The number of aromatic nitrogens is 3. The molecular formula is C22H25N5O2. The lowest BCUT2D eigenvalue weighted by atomic mass is 9.95. The Kier molecular flexibility index (Phi) is 4.28. The summed E-state index contributed by atoms with van der Waals surface area (Å²) in [5, 5.41) is 15.2. The smallest absolute Gasteiger partial charge is 0.219 e. The van der Waals surface area contributed by atoms with E-state index in [1.807, 2.05) is 37.4 Å². The quantitative estimate of drug-likeness (QED) is 0.619. The van der Waals surface area contributed by atoms with E-state index in [1.54, 1.807) is 6.33 Å². The minimum atomic E-state index is -0.486. The number of rotatable bonds is 5. The number of nitrogens with one attached hydrogen (secondary N) is 2. The number of hydrogen-bond acceptors (Lipinski definition) is 5. The lowest BCUT2D eigenvalue weighted by Crippen LogP contribution is -2.29. The van der Waals surface area contributed by atoms with Crippen LogP contribution < -0.4 is 10.2 Å². The summed E-state index contributed by atoms with van der Waals surface area (Å²) in [6.07, 6.45) is 3.40. The predicted octanol–water partition coefficient (Wildman–Crippen LogP) is 2.06. The number of carbonyl (C=O) groups excluding carboxylic acids is 1. The fourth-order valence-corrected chi connectivity index (χ4v) is 5.22. The van der Waals surface area contributed by atoms with E-state index >= 15 is 0 Å². The van der Waals surface area contributed by atoms with Gasteiger partial charge in [-0.25, -0.2) is 9.97 Å². The third-order valence-electron chi connectivity index (χ3n) is 6.67. The second-order valence-electron chi connectivity index (χ2n) is 8.10. The lowest BCUT2D eigenvalue weighted by molar-refractivity contribution is -0.120. The van der Waals surface area contributed by atoms with E-state index in [2.05, 4.69) is 37.3 Å². The van der Waals surface area contributed by atoms with E-state index in [4.69, 9.17) is 0 Å². The molecule has 0 bridgehead atoms. The van der Waals surface area contributed by atoms with Gasteiger partial charge in [0.1, 0.15) is 17.8 Å². The second-order valence-corrected chi connectivity index (χ2v) is 8.10. The van der Waals surface area contributed by atoms with Gasteiger partial charge in [-0.15, -0.1) is 0 Å². The van der Waals surface area contributed by atoms with Crippen LogP contribution in [0.2, 0.25) is 0 Å². The van der Waals surface area contributed by atoms with E-state index in [0.29, 0.717) is 26.1 Å². The molecule has 3 heterocycles. The molecule has 1 aliphatic heterocycles. The van der Waals surface area contributed by atoms with Crippen molar-refractivity contribution in [2.45, 2.75) is 25.4 Å². The van der Waals surface area contributed by atoms with E-state index in [1.165, 1.54) is 5.56 Å². The zero-order chi connectivity index (χ0) is 20.0. The number of β-amino-alcohol motifs (C(OH)–C–C–N with tert-alkyl or cyclic N) is 1. The molecule has 1 saturated heterocycles. The highest BCUT2D eigenvalue weighted by Crippen LogP contribution is 2.69. The SMILES string of the molecule is CCC(=O)NC[C@@H]1[C@@H](c2ccccc2)[C@]12CN(c1ncnc3[nH]ccc13)C[C@H]2O. The molecule has 3 N–H and O–H groups in total. The van der Waals surface area contributed by atoms with Crippen molar-refractivity contribution in [1.29, 1.82) is 0 Å². The van der Waals surface area contributed by atoms with E-state index in [-0.39, 0.29) is 23.2 Å². The fraction of sp³-hybridized carbons (Fsp3) is 0.409. The molecule has 1 saturated carbocycles. The van der Waals surface area contributed by atoms with Gasteiger partial charge in [-0.2, -0.15) is 0 Å². The molecule has 0 radical (unpaired) electrons. The number of aliphatic hydroxyl groups excluding tert-OH is 1. The largest absolute Gasteiger partial charge is 0.391 e. The van der Waals surface area contributed by atoms with Crippen LogP contribution in [0.1, 0.15) is 24.8 Å². The van der Waals surface area contributed by atoms with Gasteiger partial charge in [0.2, 0.25) is 5.91 Å². The predicted molar refractivity (Wildman–Crippen MR) is 111 cm³/mol. The molecule has 1 amide bonds. The Hall–Kier alpha value is -2.93. The second kappa shape index (κ2) is 6.84. The van der Waals surface area contributed by atoms with E-state index in [9.17, 15) is 9.90 Å². The molecule has 4 atom stereocenters. The standard InChI is InChI=1S/C22H25N5O2/c1-2-18(29)24-10-16-19(14-6-4-3-5-7-14)22(16)12-27(11-17(22)28)21-15-8-9-23-20(15)25-13-26-21/h3-9,13,16-17,19,28H,2,10-12H2,1H3,(H,24,29)(H,23,25,26)/t16-,17-,19-,22-/m1/s1. The maximum atomic E-state index is 11.9. The van der Waals surface area contributed by atoms with Crippen molar-refractivity contribution in [3.8, 4) is 0 Å². The molecule has 0 unspecified atom stereocenters. The average Bonchev–Trinajstić information content (AvgIpc) is 3.02. The first kappa shape index (κ1) is 18.1. The molecule has 2 fully saturated rings. The molecule has 2 aliphatic rings. The van der Waals surface area contributed by atoms with Gasteiger partial charge in [0, 0.05) is 37.7 Å². The molecular weight excluding hydrogens is 366 g/mol. The van der Waals surface area contributed by atoms with Crippen LogP contribution in [0.25, 0.3) is 11.0 Å². The van der Waals surface area contributed by atoms with Crippen LogP contribution in [0.3, 0.4) is 0 Å². The van der Waals surface area contributed by atoms with Crippen molar-refractivity contribution in [2.75, 3.05) is 24.5 Å². The van der Waals surface area contributed by atoms with Gasteiger partial charge in [-0.05, 0) is 23.5 Å². The third-order valence-corrected chi connectivity index (χ3v) is 6.67.